The molecule has 1 heterocycles. The van der Waals surface area contributed by atoms with E-state index in [9.17, 15) is 4.79 Å². The zero-order valence-corrected chi connectivity index (χ0v) is 20.5. The Hall–Kier alpha value is -2.30. The Morgan fingerprint density at radius 3 is 2.70 bits per heavy atom. The van der Waals surface area contributed by atoms with Crippen LogP contribution < -0.4 is 20.7 Å². The van der Waals surface area contributed by atoms with Crippen molar-refractivity contribution >= 4 is 41.5 Å². The van der Waals surface area contributed by atoms with Crippen molar-refractivity contribution < 1.29 is 9.53 Å². The van der Waals surface area contributed by atoms with Crippen molar-refractivity contribution in [3.63, 3.8) is 0 Å². The fraction of sp³-hybridized carbons (Fsp3) is 0.476. The van der Waals surface area contributed by atoms with Crippen LogP contribution in [0, 0.1) is 13.8 Å². The van der Waals surface area contributed by atoms with Gasteiger partial charge in [-0.3, -0.25) is 14.5 Å². The van der Waals surface area contributed by atoms with Crippen molar-refractivity contribution in [1.82, 2.24) is 20.4 Å². The van der Waals surface area contributed by atoms with Crippen LogP contribution in [0.25, 0.3) is 0 Å². The van der Waals surface area contributed by atoms with Gasteiger partial charge in [-0.25, -0.2) is 0 Å². The Bertz CT molecular complexity index is 822. The first kappa shape index (κ1) is 25.7. The molecule has 2 rings (SSSR count). The number of nitrogens with one attached hydrogen (secondary N) is 3. The van der Waals surface area contributed by atoms with E-state index in [-0.39, 0.29) is 29.9 Å². The number of aromatic nitrogens is 2. The van der Waals surface area contributed by atoms with E-state index in [0.717, 1.165) is 36.9 Å². The minimum absolute atomic E-state index is 0. The molecule has 1 amide bonds. The fourth-order valence-electron chi connectivity index (χ4n) is 2.86. The molecule has 1 aromatic carbocycles. The van der Waals surface area contributed by atoms with Crippen LogP contribution in [0.2, 0.25) is 0 Å². The first-order valence-corrected chi connectivity index (χ1v) is 10.0. The third-order valence-electron chi connectivity index (χ3n) is 4.06. The van der Waals surface area contributed by atoms with Gasteiger partial charge in [0.15, 0.2) is 5.96 Å². The lowest BCUT2D eigenvalue weighted by Gasteiger charge is -2.13. The molecule has 0 spiro atoms. The number of carbonyl (C=O) groups excluding carboxylic acids is 1. The molecule has 0 aliphatic heterocycles. The number of guanidine groups is 1. The minimum atomic E-state index is -0.104. The molecule has 3 N–H and O–H groups in total. The van der Waals surface area contributed by atoms with Crippen molar-refractivity contribution in [3.8, 4) is 5.75 Å². The number of nitrogens with zero attached hydrogens (tertiary/aromatic N) is 3. The number of amides is 1. The van der Waals surface area contributed by atoms with Gasteiger partial charge in [-0.2, -0.15) is 5.10 Å². The summed E-state index contributed by atoms with van der Waals surface area (Å²) in [5, 5.41) is 13.7. The predicted molar refractivity (Wildman–Crippen MR) is 132 cm³/mol. The Labute approximate surface area is 195 Å². The summed E-state index contributed by atoms with van der Waals surface area (Å²) in [4.78, 5) is 15.7. The summed E-state index contributed by atoms with van der Waals surface area (Å²) in [5.41, 5.74) is 2.94. The van der Waals surface area contributed by atoms with Gasteiger partial charge in [0.25, 0.3) is 0 Å². The third-order valence-corrected chi connectivity index (χ3v) is 4.06. The van der Waals surface area contributed by atoms with Gasteiger partial charge in [0.05, 0.1) is 12.2 Å². The zero-order valence-electron chi connectivity index (χ0n) is 18.2. The SMILES string of the molecule is CCNC(=NCCCn1nc(C)cc1C)NCCOc1cccc(NC(C)=O)c1.I. The number of benzene rings is 1. The van der Waals surface area contributed by atoms with E-state index in [2.05, 4.69) is 39.0 Å². The Morgan fingerprint density at radius 2 is 2.03 bits per heavy atom. The number of hydrogen-bond acceptors (Lipinski definition) is 4. The molecule has 9 heteroatoms. The lowest BCUT2D eigenvalue weighted by molar-refractivity contribution is -0.114. The Morgan fingerprint density at radius 1 is 1.23 bits per heavy atom. The summed E-state index contributed by atoms with van der Waals surface area (Å²) < 4.78 is 7.77. The highest BCUT2D eigenvalue weighted by atomic mass is 127. The van der Waals surface area contributed by atoms with Gasteiger partial charge < -0.3 is 20.7 Å². The number of ether oxygens (including phenoxy) is 1. The summed E-state index contributed by atoms with van der Waals surface area (Å²) in [6, 6.07) is 9.43. The van der Waals surface area contributed by atoms with Crippen LogP contribution in [0.5, 0.6) is 5.75 Å². The highest BCUT2D eigenvalue weighted by Gasteiger charge is 2.02. The average Bonchev–Trinajstić information content (AvgIpc) is 2.99. The molecule has 0 fully saturated rings. The van der Waals surface area contributed by atoms with E-state index >= 15 is 0 Å². The second-order valence-electron chi connectivity index (χ2n) is 6.75. The molecule has 0 aliphatic rings. The average molecular weight is 528 g/mol. The number of rotatable bonds is 10. The zero-order chi connectivity index (χ0) is 21.1. The topological polar surface area (TPSA) is 92.6 Å². The number of anilines is 1. The molecule has 30 heavy (non-hydrogen) atoms. The second-order valence-corrected chi connectivity index (χ2v) is 6.75. The molecule has 0 atom stereocenters. The van der Waals surface area contributed by atoms with Crippen molar-refractivity contribution in [3.05, 3.63) is 41.7 Å². The molecular formula is C21H33IN6O2. The lowest BCUT2D eigenvalue weighted by Crippen LogP contribution is -2.39. The summed E-state index contributed by atoms with van der Waals surface area (Å²) in [5.74, 6) is 1.38. The third kappa shape index (κ3) is 9.47. The molecule has 0 saturated heterocycles. The highest BCUT2D eigenvalue weighted by molar-refractivity contribution is 14.0. The monoisotopic (exact) mass is 528 g/mol. The van der Waals surface area contributed by atoms with Crippen molar-refractivity contribution in [2.24, 2.45) is 4.99 Å². The Balaban J connectivity index is 0.00000450. The van der Waals surface area contributed by atoms with Gasteiger partial charge in [0.2, 0.25) is 5.91 Å². The highest BCUT2D eigenvalue weighted by Crippen LogP contribution is 2.17. The molecule has 0 aliphatic carbocycles. The minimum Gasteiger partial charge on any atom is -0.492 e. The van der Waals surface area contributed by atoms with Gasteiger partial charge in [0.1, 0.15) is 12.4 Å². The van der Waals surface area contributed by atoms with E-state index < -0.39 is 0 Å². The molecule has 8 nitrogen and oxygen atoms in total. The van der Waals surface area contributed by atoms with E-state index in [1.807, 2.05) is 36.7 Å². The largest absolute Gasteiger partial charge is 0.492 e. The molecule has 0 bridgehead atoms. The van der Waals surface area contributed by atoms with E-state index in [4.69, 9.17) is 4.74 Å². The van der Waals surface area contributed by atoms with E-state index in [1.54, 1.807) is 6.07 Å². The quantitative estimate of drug-likeness (QED) is 0.191. The van der Waals surface area contributed by atoms with Crippen LogP contribution in [0.15, 0.2) is 35.3 Å². The van der Waals surface area contributed by atoms with Gasteiger partial charge in [-0.15, -0.1) is 24.0 Å². The number of halogens is 1. The first-order valence-electron chi connectivity index (χ1n) is 10.0. The van der Waals surface area contributed by atoms with Crippen LogP contribution >= 0.6 is 24.0 Å². The van der Waals surface area contributed by atoms with Crippen molar-refractivity contribution in [2.75, 3.05) is 31.6 Å². The maximum atomic E-state index is 11.1. The molecule has 1 aromatic heterocycles. The normalized spacial score (nSPS) is 10.9. The van der Waals surface area contributed by atoms with Gasteiger partial charge in [-0.05, 0) is 45.4 Å². The summed E-state index contributed by atoms with van der Waals surface area (Å²) >= 11 is 0. The summed E-state index contributed by atoms with van der Waals surface area (Å²) in [6.45, 7) is 11.1. The summed E-state index contributed by atoms with van der Waals surface area (Å²) in [6.07, 6.45) is 0.922. The van der Waals surface area contributed by atoms with Crippen LogP contribution in [0.3, 0.4) is 0 Å². The molecule has 0 unspecified atom stereocenters. The van der Waals surface area contributed by atoms with Crippen LogP contribution in [-0.4, -0.2) is 47.9 Å². The fourth-order valence-corrected chi connectivity index (χ4v) is 2.86. The van der Waals surface area contributed by atoms with Crippen molar-refractivity contribution in [2.45, 2.75) is 40.7 Å². The van der Waals surface area contributed by atoms with Gasteiger partial charge in [-0.1, -0.05) is 6.07 Å². The smallest absolute Gasteiger partial charge is 0.221 e. The van der Waals surface area contributed by atoms with Gasteiger partial charge >= 0.3 is 0 Å². The number of aryl methyl sites for hydroxylation is 3. The van der Waals surface area contributed by atoms with Crippen LogP contribution in [-0.2, 0) is 11.3 Å². The number of aliphatic imine (C=N–C) groups is 1. The van der Waals surface area contributed by atoms with Crippen molar-refractivity contribution in [1.29, 1.82) is 0 Å². The van der Waals surface area contributed by atoms with Gasteiger partial charge in [0, 0.05) is 44.0 Å². The standard InChI is InChI=1S/C21H32N6O2.HI/c1-5-22-21(23-10-7-12-27-17(3)14-16(2)26-27)24-11-13-29-20-9-6-8-19(15-20)25-18(4)28;/h6,8-9,14-15H,5,7,10-13H2,1-4H3,(H,25,28)(H2,22,23,24);1H. The molecule has 166 valence electrons. The second kappa shape index (κ2) is 13.8. The van der Waals surface area contributed by atoms with Crippen LogP contribution in [0.1, 0.15) is 31.7 Å². The molecule has 0 saturated carbocycles. The van der Waals surface area contributed by atoms with Crippen LogP contribution in [0.4, 0.5) is 5.69 Å². The Kier molecular flexibility index (Phi) is 11.9. The summed E-state index contributed by atoms with van der Waals surface area (Å²) in [7, 11) is 0. The number of hydrogen-bond donors (Lipinski definition) is 3. The number of carbonyl (C=O) groups is 1. The first-order chi connectivity index (χ1) is 14.0. The molecule has 0 radical (unpaired) electrons. The van der Waals surface area contributed by atoms with E-state index in [1.165, 1.54) is 12.6 Å². The lowest BCUT2D eigenvalue weighted by atomic mass is 10.3. The maximum absolute atomic E-state index is 11.1. The predicted octanol–water partition coefficient (Wildman–Crippen LogP) is 3.10. The molecule has 2 aromatic rings. The molecular weight excluding hydrogens is 495 g/mol. The van der Waals surface area contributed by atoms with E-state index in [0.29, 0.717) is 25.4 Å². The maximum Gasteiger partial charge on any atom is 0.221 e.